The molecule has 0 radical (unpaired) electrons. The molecule has 1 heterocycles. The highest BCUT2D eigenvalue weighted by Crippen LogP contribution is 2.35. The number of benzene rings is 1. The molecule has 1 aromatic heterocycles. The van der Waals surface area contributed by atoms with Crippen LogP contribution in [0.4, 0.5) is 4.39 Å². The average Bonchev–Trinajstić information content (AvgIpc) is 2.80. The summed E-state index contributed by atoms with van der Waals surface area (Å²) in [6.45, 7) is 1.58. The van der Waals surface area contributed by atoms with Crippen molar-refractivity contribution in [3.8, 4) is 5.75 Å². The van der Waals surface area contributed by atoms with Gasteiger partial charge in [0.2, 0.25) is 0 Å². The van der Waals surface area contributed by atoms with Gasteiger partial charge in [0.05, 0.1) is 23.8 Å². The summed E-state index contributed by atoms with van der Waals surface area (Å²) in [6.07, 6.45) is 1.97. The maximum Gasteiger partial charge on any atom is 0.133 e. The number of methoxy groups -OCH3 is 1. The van der Waals surface area contributed by atoms with Gasteiger partial charge in [-0.2, -0.15) is 0 Å². The van der Waals surface area contributed by atoms with E-state index in [-0.39, 0.29) is 5.56 Å². The number of ether oxygens (including phenoxy) is 1. The van der Waals surface area contributed by atoms with E-state index in [1.54, 1.807) is 30.8 Å². The van der Waals surface area contributed by atoms with Gasteiger partial charge in [-0.1, -0.05) is 6.07 Å². The summed E-state index contributed by atoms with van der Waals surface area (Å²) in [7, 11) is 1.46. The van der Waals surface area contributed by atoms with Gasteiger partial charge in [-0.25, -0.2) is 4.39 Å². The predicted octanol–water partition coefficient (Wildman–Crippen LogP) is 2.74. The molecule has 1 N–H and O–H groups in total. The van der Waals surface area contributed by atoms with Crippen LogP contribution in [-0.4, -0.2) is 17.2 Å². The lowest BCUT2D eigenvalue weighted by Crippen LogP contribution is -2.26. The molecule has 96 valence electrons. The maximum atomic E-state index is 13.9. The molecule has 2 aromatic rings. The van der Waals surface area contributed by atoms with Gasteiger partial charge in [0.25, 0.3) is 0 Å². The third-order valence-corrected chi connectivity index (χ3v) is 3.52. The van der Waals surface area contributed by atoms with E-state index in [9.17, 15) is 9.50 Å². The van der Waals surface area contributed by atoms with Crippen molar-refractivity contribution in [2.75, 3.05) is 7.11 Å². The molecular formula is C13H14FNO2S. The molecule has 0 fully saturated rings. The summed E-state index contributed by atoms with van der Waals surface area (Å²) in [5, 5.41) is 10.5. The second-order valence-corrected chi connectivity index (χ2v) is 5.21. The summed E-state index contributed by atoms with van der Waals surface area (Å²) in [5.74, 6) is -0.117. The maximum absolute atomic E-state index is 13.9. The molecule has 5 heteroatoms. The van der Waals surface area contributed by atoms with Crippen molar-refractivity contribution >= 4 is 11.3 Å². The van der Waals surface area contributed by atoms with Gasteiger partial charge in [-0.05, 0) is 19.1 Å². The molecule has 0 amide bonds. The number of aromatic nitrogens is 1. The zero-order chi connectivity index (χ0) is 13.2. The van der Waals surface area contributed by atoms with Crippen LogP contribution in [0.3, 0.4) is 0 Å². The van der Waals surface area contributed by atoms with Crippen LogP contribution >= 0.6 is 11.3 Å². The summed E-state index contributed by atoms with van der Waals surface area (Å²) < 4.78 is 19.0. The van der Waals surface area contributed by atoms with Gasteiger partial charge in [0.1, 0.15) is 11.6 Å². The quantitative estimate of drug-likeness (QED) is 0.926. The lowest BCUT2D eigenvalue weighted by molar-refractivity contribution is 0.0518. The Balaban J connectivity index is 2.40. The number of rotatable bonds is 4. The monoisotopic (exact) mass is 267 g/mol. The molecule has 0 aliphatic rings. The molecule has 0 spiro atoms. The standard InChI is InChI=1S/C13H14FNO2S/c1-13(16,6-9-7-15-8-18-9)12-10(14)4-3-5-11(12)17-2/h3-5,7-8,16H,6H2,1-2H3. The molecule has 1 unspecified atom stereocenters. The Bertz CT molecular complexity index is 526. The summed E-state index contributed by atoms with van der Waals surface area (Å²) >= 11 is 1.43. The van der Waals surface area contributed by atoms with Crippen molar-refractivity contribution in [3.05, 3.63) is 46.2 Å². The van der Waals surface area contributed by atoms with Crippen LogP contribution < -0.4 is 4.74 Å². The van der Waals surface area contributed by atoms with Crippen molar-refractivity contribution in [2.45, 2.75) is 18.9 Å². The summed E-state index contributed by atoms with van der Waals surface area (Å²) in [4.78, 5) is 4.84. The molecule has 0 saturated heterocycles. The average molecular weight is 267 g/mol. The highest BCUT2D eigenvalue weighted by Gasteiger charge is 2.31. The molecule has 0 bridgehead atoms. The zero-order valence-electron chi connectivity index (χ0n) is 10.2. The van der Waals surface area contributed by atoms with Crippen LogP contribution in [0.1, 0.15) is 17.4 Å². The van der Waals surface area contributed by atoms with Gasteiger partial charge in [0.15, 0.2) is 0 Å². The lowest BCUT2D eigenvalue weighted by atomic mass is 9.90. The Kier molecular flexibility index (Phi) is 3.63. The van der Waals surface area contributed by atoms with Crippen LogP contribution in [0, 0.1) is 5.82 Å². The smallest absolute Gasteiger partial charge is 0.133 e. The first-order chi connectivity index (χ1) is 8.54. The third-order valence-electron chi connectivity index (χ3n) is 2.74. The number of thiazole rings is 1. The van der Waals surface area contributed by atoms with Gasteiger partial charge < -0.3 is 9.84 Å². The lowest BCUT2D eigenvalue weighted by Gasteiger charge is -2.25. The van der Waals surface area contributed by atoms with E-state index in [1.807, 2.05) is 0 Å². The number of hydrogen-bond donors (Lipinski definition) is 1. The SMILES string of the molecule is COc1cccc(F)c1C(C)(O)Cc1cncs1. The fourth-order valence-electron chi connectivity index (χ4n) is 1.95. The fourth-order valence-corrected chi connectivity index (χ4v) is 2.70. The van der Waals surface area contributed by atoms with Gasteiger partial charge in [-0.15, -0.1) is 11.3 Å². The number of aliphatic hydroxyl groups is 1. The van der Waals surface area contributed by atoms with Crippen molar-refractivity contribution in [3.63, 3.8) is 0 Å². The van der Waals surface area contributed by atoms with Crippen LogP contribution in [0.15, 0.2) is 29.9 Å². The first-order valence-electron chi connectivity index (χ1n) is 5.47. The van der Waals surface area contributed by atoms with Crippen molar-refractivity contribution < 1.29 is 14.2 Å². The first kappa shape index (κ1) is 13.0. The molecule has 3 nitrogen and oxygen atoms in total. The number of nitrogens with zero attached hydrogens (tertiary/aromatic N) is 1. The molecular weight excluding hydrogens is 253 g/mol. The Labute approximate surface area is 109 Å². The number of halogens is 1. The van der Waals surface area contributed by atoms with Crippen LogP contribution in [0.25, 0.3) is 0 Å². The van der Waals surface area contributed by atoms with Gasteiger partial charge >= 0.3 is 0 Å². The topological polar surface area (TPSA) is 42.4 Å². The van der Waals surface area contributed by atoms with Crippen LogP contribution in [-0.2, 0) is 12.0 Å². The minimum absolute atomic E-state index is 0.181. The second kappa shape index (κ2) is 5.04. The molecule has 0 aliphatic carbocycles. The number of hydrogen-bond acceptors (Lipinski definition) is 4. The second-order valence-electron chi connectivity index (χ2n) is 4.24. The highest BCUT2D eigenvalue weighted by molar-refractivity contribution is 7.09. The third kappa shape index (κ3) is 2.52. The molecule has 0 saturated carbocycles. The summed E-state index contributed by atoms with van der Waals surface area (Å²) in [5.41, 5.74) is 0.536. The highest BCUT2D eigenvalue weighted by atomic mass is 32.1. The van der Waals surface area contributed by atoms with Crippen molar-refractivity contribution in [1.82, 2.24) is 4.98 Å². The summed E-state index contributed by atoms with van der Waals surface area (Å²) in [6, 6.07) is 4.51. The van der Waals surface area contributed by atoms with Crippen molar-refractivity contribution in [2.24, 2.45) is 0 Å². The van der Waals surface area contributed by atoms with Crippen LogP contribution in [0.2, 0.25) is 0 Å². The molecule has 1 atom stereocenters. The van der Waals surface area contributed by atoms with E-state index in [0.29, 0.717) is 12.2 Å². The Morgan fingerprint density at radius 2 is 2.28 bits per heavy atom. The first-order valence-corrected chi connectivity index (χ1v) is 6.35. The molecule has 2 rings (SSSR count). The van der Waals surface area contributed by atoms with E-state index >= 15 is 0 Å². The van der Waals surface area contributed by atoms with Crippen molar-refractivity contribution in [1.29, 1.82) is 0 Å². The molecule has 1 aromatic carbocycles. The molecule has 0 aliphatic heterocycles. The minimum Gasteiger partial charge on any atom is -0.496 e. The Morgan fingerprint density at radius 1 is 1.50 bits per heavy atom. The van der Waals surface area contributed by atoms with E-state index in [2.05, 4.69) is 4.98 Å². The van der Waals surface area contributed by atoms with E-state index in [0.717, 1.165) is 4.88 Å². The largest absolute Gasteiger partial charge is 0.496 e. The molecule has 18 heavy (non-hydrogen) atoms. The Hall–Kier alpha value is -1.46. The zero-order valence-corrected chi connectivity index (χ0v) is 11.0. The normalized spacial score (nSPS) is 14.2. The van der Waals surface area contributed by atoms with E-state index in [4.69, 9.17) is 4.74 Å². The predicted molar refractivity (Wildman–Crippen MR) is 68.3 cm³/mol. The van der Waals surface area contributed by atoms with Crippen LogP contribution in [0.5, 0.6) is 5.75 Å². The van der Waals surface area contributed by atoms with Gasteiger partial charge in [-0.3, -0.25) is 4.98 Å². The minimum atomic E-state index is -1.33. The van der Waals surface area contributed by atoms with E-state index < -0.39 is 11.4 Å². The van der Waals surface area contributed by atoms with Gasteiger partial charge in [0, 0.05) is 17.5 Å². The Morgan fingerprint density at radius 3 is 2.89 bits per heavy atom. The fraction of sp³-hybridized carbons (Fsp3) is 0.308. The van der Waals surface area contributed by atoms with E-state index in [1.165, 1.54) is 24.5 Å².